The van der Waals surface area contributed by atoms with Crippen molar-refractivity contribution in [3.8, 4) is 34.7 Å². The van der Waals surface area contributed by atoms with Crippen LogP contribution in [0.2, 0.25) is 0 Å². The fourth-order valence-corrected chi connectivity index (χ4v) is 4.36. The fraction of sp³-hybridized carbons (Fsp3) is 0.214. The van der Waals surface area contributed by atoms with Crippen molar-refractivity contribution in [2.75, 3.05) is 0 Å². The van der Waals surface area contributed by atoms with E-state index in [2.05, 4.69) is 22.3 Å². The maximum absolute atomic E-state index is 10.4. The van der Waals surface area contributed by atoms with Gasteiger partial charge in [0.15, 0.2) is 0 Å². The summed E-state index contributed by atoms with van der Waals surface area (Å²) in [7, 11) is 0. The number of aromatic carboxylic acids is 1. The lowest BCUT2D eigenvalue weighted by Gasteiger charge is -2.11. The quantitative estimate of drug-likeness (QED) is 0.301. The second kappa shape index (κ2) is 11.7. The molecule has 9 heteroatoms. The minimum Gasteiger partial charge on any atom is -0.490 e. The highest BCUT2D eigenvalue weighted by Gasteiger charge is 2.20. The van der Waals surface area contributed by atoms with Crippen LogP contribution in [-0.2, 0) is 12.8 Å². The molecule has 0 unspecified atom stereocenters. The smallest absolute Gasteiger partial charge is 0.335 e. The van der Waals surface area contributed by atoms with Crippen LogP contribution in [0.5, 0.6) is 5.75 Å². The molecular formula is C28H26N4O4S. The van der Waals surface area contributed by atoms with Crippen LogP contribution in [0.15, 0.2) is 70.1 Å². The summed E-state index contributed by atoms with van der Waals surface area (Å²) in [5, 5.41) is 27.3. The predicted molar refractivity (Wildman–Crippen MR) is 141 cm³/mol. The Morgan fingerprint density at radius 1 is 1.16 bits per heavy atom. The van der Waals surface area contributed by atoms with Crippen LogP contribution < -0.4 is 9.88 Å². The molecule has 188 valence electrons. The first kappa shape index (κ1) is 25.9. The molecule has 0 saturated heterocycles. The first-order valence-corrected chi connectivity index (χ1v) is 12.6. The van der Waals surface area contributed by atoms with Crippen LogP contribution in [0, 0.1) is 11.3 Å². The number of hydrogen-bond acceptors (Lipinski definition) is 8. The summed E-state index contributed by atoms with van der Waals surface area (Å²) in [6, 6.07) is 20.2. The van der Waals surface area contributed by atoms with Gasteiger partial charge in [-0.3, -0.25) is 5.14 Å². The predicted octanol–water partition coefficient (Wildman–Crippen LogP) is 5.90. The number of rotatable bonds is 6. The van der Waals surface area contributed by atoms with Crippen molar-refractivity contribution >= 4 is 17.9 Å². The third kappa shape index (κ3) is 6.17. The molecule has 0 spiro atoms. The van der Waals surface area contributed by atoms with Crippen LogP contribution in [0.3, 0.4) is 0 Å². The maximum atomic E-state index is 10.4. The van der Waals surface area contributed by atoms with Gasteiger partial charge < -0.3 is 14.4 Å². The van der Waals surface area contributed by atoms with Crippen molar-refractivity contribution in [1.82, 2.24) is 10.1 Å². The van der Waals surface area contributed by atoms with Gasteiger partial charge >= 0.3 is 5.97 Å². The van der Waals surface area contributed by atoms with E-state index in [4.69, 9.17) is 19.5 Å². The Labute approximate surface area is 219 Å². The normalized spacial score (nSPS) is 11.9. The lowest BCUT2D eigenvalue weighted by atomic mass is 10.0. The summed E-state index contributed by atoms with van der Waals surface area (Å²) in [6.07, 6.45) is 3.33. The minimum absolute atomic E-state index is 0.00290. The summed E-state index contributed by atoms with van der Waals surface area (Å²) in [5.41, 5.74) is 5.17. The van der Waals surface area contributed by atoms with Crippen LogP contribution in [-0.4, -0.2) is 27.3 Å². The van der Waals surface area contributed by atoms with E-state index in [0.29, 0.717) is 28.6 Å². The first-order chi connectivity index (χ1) is 17.9. The van der Waals surface area contributed by atoms with Gasteiger partial charge in [-0.05, 0) is 98.6 Å². The number of nitriles is 1. The number of benzene rings is 3. The zero-order valence-electron chi connectivity index (χ0n) is 20.5. The van der Waals surface area contributed by atoms with E-state index in [1.807, 2.05) is 32.0 Å². The molecule has 3 aromatic carbocycles. The molecular weight excluding hydrogens is 488 g/mol. The molecule has 0 amide bonds. The van der Waals surface area contributed by atoms with E-state index in [9.17, 15) is 10.1 Å². The van der Waals surface area contributed by atoms with E-state index in [-0.39, 0.29) is 11.7 Å². The number of fused-ring (bicyclic) bond motifs is 1. The highest BCUT2D eigenvalue weighted by Crippen LogP contribution is 2.33. The third-order valence-electron chi connectivity index (χ3n) is 5.76. The molecule has 1 aliphatic rings. The number of aryl methyl sites for hydroxylation is 1. The van der Waals surface area contributed by atoms with Crippen LogP contribution in [0.1, 0.15) is 47.3 Å². The molecule has 0 atom stereocenters. The van der Waals surface area contributed by atoms with E-state index < -0.39 is 5.97 Å². The zero-order chi connectivity index (χ0) is 26.4. The molecule has 1 heterocycles. The number of carboxylic acid groups (broad SMARTS) is 1. The van der Waals surface area contributed by atoms with Crippen molar-refractivity contribution in [1.29, 1.82) is 5.26 Å². The average molecular weight is 515 g/mol. The van der Waals surface area contributed by atoms with Gasteiger partial charge in [-0.25, -0.2) is 4.79 Å². The number of ether oxygens (including phenoxy) is 1. The van der Waals surface area contributed by atoms with E-state index in [1.54, 1.807) is 24.3 Å². The Morgan fingerprint density at radius 2 is 1.95 bits per heavy atom. The van der Waals surface area contributed by atoms with Crippen molar-refractivity contribution in [3.63, 3.8) is 0 Å². The molecule has 0 bridgehead atoms. The summed E-state index contributed by atoms with van der Waals surface area (Å²) in [4.78, 5) is 15.8. The number of carboxylic acids is 1. The number of aromatic nitrogens is 2. The number of carbonyl (C=O) groups is 1. The fourth-order valence-electron chi connectivity index (χ4n) is 4.06. The molecule has 8 nitrogen and oxygen atoms in total. The zero-order valence-corrected chi connectivity index (χ0v) is 21.3. The second-order valence-corrected chi connectivity index (χ2v) is 9.36. The van der Waals surface area contributed by atoms with Gasteiger partial charge in [0.2, 0.25) is 5.82 Å². The molecule has 5 rings (SSSR count). The monoisotopic (exact) mass is 514 g/mol. The van der Waals surface area contributed by atoms with E-state index in [1.165, 1.54) is 29.7 Å². The van der Waals surface area contributed by atoms with Gasteiger partial charge in [0.05, 0.1) is 17.2 Å². The lowest BCUT2D eigenvalue weighted by Crippen LogP contribution is -2.06. The van der Waals surface area contributed by atoms with Crippen LogP contribution >= 0.6 is 11.9 Å². The second-order valence-electron chi connectivity index (χ2n) is 8.66. The van der Waals surface area contributed by atoms with Crippen LogP contribution in [0.4, 0.5) is 0 Å². The molecule has 0 radical (unpaired) electrons. The van der Waals surface area contributed by atoms with Gasteiger partial charge in [-0.2, -0.15) is 10.2 Å². The van der Waals surface area contributed by atoms with Gasteiger partial charge in [-0.15, -0.1) is 0 Å². The minimum atomic E-state index is -0.918. The molecule has 4 aromatic rings. The molecule has 37 heavy (non-hydrogen) atoms. The Kier molecular flexibility index (Phi) is 8.23. The number of nitrogens with two attached hydrogens (primary N) is 1. The largest absolute Gasteiger partial charge is 0.490 e. The first-order valence-electron chi connectivity index (χ1n) is 11.8. The Bertz CT molecular complexity index is 1440. The summed E-state index contributed by atoms with van der Waals surface area (Å²) in [6.45, 7) is 3.86. The Balaban J connectivity index is 0.000000245. The highest BCUT2D eigenvalue weighted by molar-refractivity contribution is 7.97. The maximum Gasteiger partial charge on any atom is 0.335 e. The van der Waals surface area contributed by atoms with Gasteiger partial charge in [0.1, 0.15) is 11.8 Å². The summed E-state index contributed by atoms with van der Waals surface area (Å²) in [5.74, 6) is 0.647. The topological polar surface area (TPSA) is 135 Å². The standard InChI is InChI=1S/C21H19N3O2.C7H7NO2S/c1-13(2)25-19-10-9-15(11-16(19)12-22)21-23-20(24-26-21)18-8-4-6-14-5-3-7-17(14)18;8-11-6-3-1-5(2-4-6)7(9)10/h4,6,8-11,13H,3,5,7H2,1-2H3;1-4H,8H2,(H,9,10). The number of hydrogen-bond donors (Lipinski definition) is 2. The average Bonchev–Trinajstić information content (AvgIpc) is 3.59. The van der Waals surface area contributed by atoms with Gasteiger partial charge in [0.25, 0.3) is 5.89 Å². The molecule has 1 aliphatic carbocycles. The lowest BCUT2D eigenvalue weighted by molar-refractivity contribution is 0.0696. The summed E-state index contributed by atoms with van der Waals surface area (Å²) < 4.78 is 11.1. The third-order valence-corrected chi connectivity index (χ3v) is 6.30. The SMILES string of the molecule is CC(C)Oc1ccc(-c2nc(-c3cccc4c3CCC4)no2)cc1C#N.NSc1ccc(C(=O)O)cc1. The molecule has 0 aliphatic heterocycles. The van der Waals surface area contributed by atoms with Crippen molar-refractivity contribution in [3.05, 3.63) is 82.9 Å². The van der Waals surface area contributed by atoms with E-state index >= 15 is 0 Å². The van der Waals surface area contributed by atoms with Gasteiger partial charge in [-0.1, -0.05) is 23.4 Å². The molecule has 0 saturated carbocycles. The van der Waals surface area contributed by atoms with Crippen molar-refractivity contribution in [2.24, 2.45) is 5.14 Å². The number of nitrogens with zero attached hydrogens (tertiary/aromatic N) is 3. The Morgan fingerprint density at radius 3 is 2.62 bits per heavy atom. The van der Waals surface area contributed by atoms with Crippen molar-refractivity contribution in [2.45, 2.75) is 44.1 Å². The summed E-state index contributed by atoms with van der Waals surface area (Å²) >= 11 is 1.10. The van der Waals surface area contributed by atoms with E-state index in [0.717, 1.165) is 35.2 Å². The molecule has 1 aromatic heterocycles. The highest BCUT2D eigenvalue weighted by atomic mass is 32.2. The van der Waals surface area contributed by atoms with Gasteiger partial charge in [0, 0.05) is 16.0 Å². The molecule has 0 fully saturated rings. The van der Waals surface area contributed by atoms with Crippen molar-refractivity contribution < 1.29 is 19.2 Å². The molecule has 3 N–H and O–H groups in total. The Hall–Kier alpha value is -4.13. The van der Waals surface area contributed by atoms with Crippen LogP contribution in [0.25, 0.3) is 22.8 Å².